The fourth-order valence-corrected chi connectivity index (χ4v) is 2.74. The molecule has 15 heavy (non-hydrogen) atoms. The molecule has 2 atom stereocenters. The molecule has 2 unspecified atom stereocenters. The van der Waals surface area contributed by atoms with Gasteiger partial charge in [0.25, 0.3) is 0 Å². The van der Waals surface area contributed by atoms with Gasteiger partial charge in [-0.3, -0.25) is 9.69 Å². The summed E-state index contributed by atoms with van der Waals surface area (Å²) >= 11 is 0. The third-order valence-corrected chi connectivity index (χ3v) is 3.73. The number of allylic oxidation sites excluding steroid dienone is 1. The van der Waals surface area contributed by atoms with E-state index in [1.807, 2.05) is 0 Å². The van der Waals surface area contributed by atoms with Crippen LogP contribution in [-0.2, 0) is 4.79 Å². The summed E-state index contributed by atoms with van der Waals surface area (Å²) in [5, 5.41) is 0. The van der Waals surface area contributed by atoms with Crippen LogP contribution in [0.25, 0.3) is 0 Å². The number of likely N-dealkylation sites (tertiary alicyclic amines) is 1. The average molecular weight is 207 g/mol. The van der Waals surface area contributed by atoms with Gasteiger partial charge in [0.05, 0.1) is 0 Å². The summed E-state index contributed by atoms with van der Waals surface area (Å²) in [6, 6.07) is 0.612. The molecule has 0 aromatic carbocycles. The van der Waals surface area contributed by atoms with Crippen molar-refractivity contribution >= 4 is 5.78 Å². The molecule has 0 amide bonds. The molecule has 0 saturated carbocycles. The first-order valence-electron chi connectivity index (χ1n) is 6.18. The Hall–Kier alpha value is -0.630. The van der Waals surface area contributed by atoms with Crippen LogP contribution >= 0.6 is 0 Å². The van der Waals surface area contributed by atoms with Gasteiger partial charge in [-0.25, -0.2) is 0 Å². The van der Waals surface area contributed by atoms with Crippen molar-refractivity contribution in [2.24, 2.45) is 5.92 Å². The lowest BCUT2D eigenvalue weighted by atomic mass is 9.91. The number of piperidine rings is 1. The third kappa shape index (κ3) is 2.69. The van der Waals surface area contributed by atoms with Crippen molar-refractivity contribution in [3.63, 3.8) is 0 Å². The van der Waals surface area contributed by atoms with Gasteiger partial charge in [-0.15, -0.1) is 0 Å². The summed E-state index contributed by atoms with van der Waals surface area (Å²) in [6.45, 7) is 3.91. The number of carbonyl (C=O) groups is 1. The van der Waals surface area contributed by atoms with Crippen LogP contribution in [-0.4, -0.2) is 29.8 Å². The maximum Gasteiger partial charge on any atom is 0.134 e. The summed E-state index contributed by atoms with van der Waals surface area (Å²) in [5.74, 6) is 0.675. The van der Waals surface area contributed by atoms with Crippen LogP contribution in [0.15, 0.2) is 12.2 Å². The standard InChI is InChI=1S/C13H21NO/c1-11(15)12-6-5-9-14(10-12)13-7-3-2-4-8-13/h3,7,12-13H,2,4-6,8-10H2,1H3. The number of carbonyl (C=O) groups excluding carboxylic acids is 1. The minimum atomic E-state index is 0.300. The van der Waals surface area contributed by atoms with E-state index in [2.05, 4.69) is 17.1 Å². The summed E-state index contributed by atoms with van der Waals surface area (Å²) in [4.78, 5) is 13.9. The van der Waals surface area contributed by atoms with E-state index < -0.39 is 0 Å². The number of rotatable bonds is 2. The molecule has 1 fully saturated rings. The van der Waals surface area contributed by atoms with Crippen LogP contribution in [0.4, 0.5) is 0 Å². The Bertz CT molecular complexity index is 259. The molecular formula is C13H21NO. The third-order valence-electron chi connectivity index (χ3n) is 3.73. The van der Waals surface area contributed by atoms with E-state index >= 15 is 0 Å². The van der Waals surface area contributed by atoms with E-state index in [1.54, 1.807) is 6.92 Å². The van der Waals surface area contributed by atoms with Crippen molar-refractivity contribution in [2.75, 3.05) is 13.1 Å². The molecule has 2 rings (SSSR count). The molecule has 1 saturated heterocycles. The van der Waals surface area contributed by atoms with Gasteiger partial charge in [-0.2, -0.15) is 0 Å². The quantitative estimate of drug-likeness (QED) is 0.648. The Morgan fingerprint density at radius 2 is 2.20 bits per heavy atom. The predicted octanol–water partition coefficient (Wildman–Crippen LogP) is 2.40. The summed E-state index contributed by atoms with van der Waals surface area (Å²) in [5.41, 5.74) is 0. The van der Waals surface area contributed by atoms with Crippen LogP contribution < -0.4 is 0 Å². The molecule has 1 aliphatic heterocycles. The summed E-state index contributed by atoms with van der Waals surface area (Å²) < 4.78 is 0. The van der Waals surface area contributed by atoms with E-state index in [-0.39, 0.29) is 0 Å². The lowest BCUT2D eigenvalue weighted by Crippen LogP contribution is -2.44. The van der Waals surface area contributed by atoms with Crippen molar-refractivity contribution in [3.8, 4) is 0 Å². The van der Waals surface area contributed by atoms with Gasteiger partial charge in [0.2, 0.25) is 0 Å². The van der Waals surface area contributed by atoms with Crippen LogP contribution in [0.5, 0.6) is 0 Å². The van der Waals surface area contributed by atoms with Crippen LogP contribution in [0.3, 0.4) is 0 Å². The second-order valence-electron chi connectivity index (χ2n) is 4.87. The second-order valence-corrected chi connectivity index (χ2v) is 4.87. The molecule has 2 aliphatic rings. The number of hydrogen-bond donors (Lipinski definition) is 0. The van der Waals surface area contributed by atoms with Crippen molar-refractivity contribution in [3.05, 3.63) is 12.2 Å². The predicted molar refractivity (Wildman–Crippen MR) is 61.8 cm³/mol. The van der Waals surface area contributed by atoms with Gasteiger partial charge < -0.3 is 0 Å². The molecule has 0 bridgehead atoms. The second kappa shape index (κ2) is 4.93. The van der Waals surface area contributed by atoms with E-state index in [9.17, 15) is 4.79 Å². The number of ketones is 1. The molecule has 0 aromatic rings. The molecular weight excluding hydrogens is 186 g/mol. The van der Waals surface area contributed by atoms with Crippen molar-refractivity contribution < 1.29 is 4.79 Å². The lowest BCUT2D eigenvalue weighted by Gasteiger charge is -2.37. The molecule has 0 aromatic heterocycles. The fourth-order valence-electron chi connectivity index (χ4n) is 2.74. The highest BCUT2D eigenvalue weighted by atomic mass is 16.1. The van der Waals surface area contributed by atoms with E-state index in [0.717, 1.165) is 13.0 Å². The van der Waals surface area contributed by atoms with Gasteiger partial charge in [0.1, 0.15) is 5.78 Å². The normalized spacial score (nSPS) is 32.9. The zero-order valence-electron chi connectivity index (χ0n) is 9.61. The van der Waals surface area contributed by atoms with E-state index in [1.165, 1.54) is 32.2 Å². The molecule has 1 heterocycles. The lowest BCUT2D eigenvalue weighted by molar-refractivity contribution is -0.122. The van der Waals surface area contributed by atoms with Gasteiger partial charge in [0, 0.05) is 18.5 Å². The minimum absolute atomic E-state index is 0.300. The smallest absolute Gasteiger partial charge is 0.134 e. The van der Waals surface area contributed by atoms with Crippen LogP contribution in [0, 0.1) is 5.92 Å². The Morgan fingerprint density at radius 3 is 2.87 bits per heavy atom. The largest absolute Gasteiger partial charge is 0.300 e. The first-order chi connectivity index (χ1) is 7.27. The first kappa shape index (κ1) is 10.9. The van der Waals surface area contributed by atoms with Crippen LogP contribution in [0.2, 0.25) is 0 Å². The Balaban J connectivity index is 1.94. The maximum absolute atomic E-state index is 11.4. The highest BCUT2D eigenvalue weighted by molar-refractivity contribution is 5.78. The van der Waals surface area contributed by atoms with Gasteiger partial charge in [0.15, 0.2) is 0 Å². The number of Topliss-reactive ketones (excluding diaryl/α,β-unsaturated/α-hetero) is 1. The van der Waals surface area contributed by atoms with Crippen molar-refractivity contribution in [1.82, 2.24) is 4.90 Å². The van der Waals surface area contributed by atoms with Crippen molar-refractivity contribution in [2.45, 2.75) is 45.1 Å². The highest BCUT2D eigenvalue weighted by Crippen LogP contribution is 2.23. The Kier molecular flexibility index (Phi) is 3.57. The van der Waals surface area contributed by atoms with E-state index in [4.69, 9.17) is 0 Å². The van der Waals surface area contributed by atoms with Crippen molar-refractivity contribution in [1.29, 1.82) is 0 Å². The fraction of sp³-hybridized carbons (Fsp3) is 0.769. The maximum atomic E-state index is 11.4. The molecule has 0 N–H and O–H groups in total. The summed E-state index contributed by atoms with van der Waals surface area (Å²) in [7, 11) is 0. The zero-order valence-corrected chi connectivity index (χ0v) is 9.61. The average Bonchev–Trinajstić information content (AvgIpc) is 2.30. The molecule has 84 valence electrons. The Labute approximate surface area is 92.3 Å². The summed E-state index contributed by atoms with van der Waals surface area (Å²) in [6.07, 6.45) is 10.7. The van der Waals surface area contributed by atoms with Gasteiger partial charge in [-0.1, -0.05) is 12.2 Å². The minimum Gasteiger partial charge on any atom is -0.300 e. The topological polar surface area (TPSA) is 20.3 Å². The SMILES string of the molecule is CC(=O)C1CCCN(C2C=CCCC2)C1. The molecule has 2 heteroatoms. The Morgan fingerprint density at radius 1 is 1.33 bits per heavy atom. The first-order valence-corrected chi connectivity index (χ1v) is 6.18. The monoisotopic (exact) mass is 207 g/mol. The molecule has 0 radical (unpaired) electrons. The molecule has 1 aliphatic carbocycles. The van der Waals surface area contributed by atoms with E-state index in [0.29, 0.717) is 17.7 Å². The highest BCUT2D eigenvalue weighted by Gasteiger charge is 2.27. The number of nitrogens with zero attached hydrogens (tertiary/aromatic N) is 1. The molecule has 2 nitrogen and oxygen atoms in total. The van der Waals surface area contributed by atoms with Crippen LogP contribution in [0.1, 0.15) is 39.0 Å². The molecule has 0 spiro atoms. The number of hydrogen-bond acceptors (Lipinski definition) is 2. The van der Waals surface area contributed by atoms with Gasteiger partial charge >= 0.3 is 0 Å². The van der Waals surface area contributed by atoms with Gasteiger partial charge in [-0.05, 0) is 45.6 Å². The zero-order chi connectivity index (χ0) is 10.7.